The molecule has 0 amide bonds. The molecule has 1 rings (SSSR count). The third-order valence-corrected chi connectivity index (χ3v) is 3.95. The van der Waals surface area contributed by atoms with Gasteiger partial charge in [-0.25, -0.2) is 13.1 Å². The van der Waals surface area contributed by atoms with Gasteiger partial charge in [0, 0.05) is 19.6 Å². The molecule has 0 aliphatic rings. The van der Waals surface area contributed by atoms with Crippen LogP contribution in [0.5, 0.6) is 0 Å². The SMILES string of the molecule is CCCNS(=O)(=O)c1ccccc1NC/C=C/CN. The molecule has 1 aromatic carbocycles. The van der Waals surface area contributed by atoms with E-state index < -0.39 is 10.0 Å². The van der Waals surface area contributed by atoms with Crippen molar-refractivity contribution in [1.29, 1.82) is 0 Å². The minimum atomic E-state index is -3.46. The van der Waals surface area contributed by atoms with Gasteiger partial charge in [-0.05, 0) is 18.6 Å². The maximum Gasteiger partial charge on any atom is 0.242 e. The van der Waals surface area contributed by atoms with E-state index >= 15 is 0 Å². The van der Waals surface area contributed by atoms with Crippen molar-refractivity contribution in [2.45, 2.75) is 18.2 Å². The molecule has 0 heterocycles. The minimum absolute atomic E-state index is 0.268. The van der Waals surface area contributed by atoms with Crippen molar-refractivity contribution < 1.29 is 8.42 Å². The van der Waals surface area contributed by atoms with E-state index in [1.807, 2.05) is 19.1 Å². The van der Waals surface area contributed by atoms with Crippen LogP contribution >= 0.6 is 0 Å². The molecule has 0 saturated carbocycles. The monoisotopic (exact) mass is 283 g/mol. The highest BCUT2D eigenvalue weighted by atomic mass is 32.2. The Labute approximate surface area is 114 Å². The van der Waals surface area contributed by atoms with Crippen LogP contribution < -0.4 is 15.8 Å². The van der Waals surface area contributed by atoms with Crippen molar-refractivity contribution in [3.8, 4) is 0 Å². The lowest BCUT2D eigenvalue weighted by Crippen LogP contribution is -2.25. The van der Waals surface area contributed by atoms with Crippen LogP contribution in [0.1, 0.15) is 13.3 Å². The summed E-state index contributed by atoms with van der Waals surface area (Å²) in [5, 5.41) is 3.07. The highest BCUT2D eigenvalue weighted by molar-refractivity contribution is 7.89. The average molecular weight is 283 g/mol. The molecule has 0 aromatic heterocycles. The van der Waals surface area contributed by atoms with Gasteiger partial charge in [-0.15, -0.1) is 0 Å². The molecule has 0 bridgehead atoms. The molecule has 6 heteroatoms. The van der Waals surface area contributed by atoms with Gasteiger partial charge in [0.25, 0.3) is 0 Å². The molecule has 0 fully saturated rings. The summed E-state index contributed by atoms with van der Waals surface area (Å²) in [6.45, 7) is 3.37. The number of rotatable bonds is 8. The van der Waals surface area contributed by atoms with Crippen molar-refractivity contribution >= 4 is 15.7 Å². The van der Waals surface area contributed by atoms with Gasteiger partial charge in [0.2, 0.25) is 10.0 Å². The Morgan fingerprint density at radius 3 is 2.68 bits per heavy atom. The molecule has 5 nitrogen and oxygen atoms in total. The molecule has 0 saturated heterocycles. The van der Waals surface area contributed by atoms with Crippen LogP contribution in [0.2, 0.25) is 0 Å². The molecule has 19 heavy (non-hydrogen) atoms. The van der Waals surface area contributed by atoms with Gasteiger partial charge in [0.15, 0.2) is 0 Å². The van der Waals surface area contributed by atoms with Crippen LogP contribution in [0, 0.1) is 0 Å². The number of sulfonamides is 1. The molecule has 0 unspecified atom stereocenters. The summed E-state index contributed by atoms with van der Waals surface area (Å²) >= 11 is 0. The standard InChI is InChI=1S/C13H21N3O2S/c1-2-10-16-19(17,18)13-8-4-3-7-12(13)15-11-6-5-9-14/h3-8,15-16H,2,9-11,14H2,1H3/b6-5+. The van der Waals surface area contributed by atoms with E-state index in [0.29, 0.717) is 25.3 Å². The molecular weight excluding hydrogens is 262 g/mol. The average Bonchev–Trinajstić information content (AvgIpc) is 2.42. The van der Waals surface area contributed by atoms with E-state index in [9.17, 15) is 8.42 Å². The number of anilines is 1. The summed E-state index contributed by atoms with van der Waals surface area (Å²) in [7, 11) is -3.46. The third-order valence-electron chi connectivity index (χ3n) is 2.43. The number of hydrogen-bond acceptors (Lipinski definition) is 4. The second-order valence-corrected chi connectivity index (χ2v) is 5.72. The quantitative estimate of drug-likeness (QED) is 0.628. The predicted molar refractivity (Wildman–Crippen MR) is 78.6 cm³/mol. The Bertz CT molecular complexity index is 512. The Morgan fingerprint density at radius 2 is 2.00 bits per heavy atom. The van der Waals surface area contributed by atoms with E-state index in [4.69, 9.17) is 5.73 Å². The lowest BCUT2D eigenvalue weighted by Gasteiger charge is -2.11. The zero-order chi connectivity index (χ0) is 14.1. The summed E-state index contributed by atoms with van der Waals surface area (Å²) in [4.78, 5) is 0.268. The highest BCUT2D eigenvalue weighted by Gasteiger charge is 2.16. The lowest BCUT2D eigenvalue weighted by atomic mass is 10.3. The van der Waals surface area contributed by atoms with Crippen molar-refractivity contribution in [2.24, 2.45) is 5.73 Å². The van der Waals surface area contributed by atoms with Gasteiger partial charge >= 0.3 is 0 Å². The summed E-state index contributed by atoms with van der Waals surface area (Å²) in [5.41, 5.74) is 5.93. The summed E-state index contributed by atoms with van der Waals surface area (Å²) in [5.74, 6) is 0. The normalized spacial score (nSPS) is 11.9. The molecule has 106 valence electrons. The Balaban J connectivity index is 2.86. The molecule has 0 aliphatic carbocycles. The zero-order valence-electron chi connectivity index (χ0n) is 11.1. The number of para-hydroxylation sites is 1. The van der Waals surface area contributed by atoms with Gasteiger partial charge in [0.1, 0.15) is 4.90 Å². The number of nitrogens with two attached hydrogens (primary N) is 1. The molecular formula is C13H21N3O2S. The topological polar surface area (TPSA) is 84.2 Å². The van der Waals surface area contributed by atoms with Gasteiger partial charge < -0.3 is 11.1 Å². The Hall–Kier alpha value is -1.37. The zero-order valence-corrected chi connectivity index (χ0v) is 11.9. The maximum absolute atomic E-state index is 12.1. The summed E-state index contributed by atoms with van der Waals surface area (Å²) < 4.78 is 26.8. The van der Waals surface area contributed by atoms with Gasteiger partial charge in [0.05, 0.1) is 5.69 Å². The summed E-state index contributed by atoms with van der Waals surface area (Å²) in [6, 6.07) is 6.85. The first-order valence-electron chi connectivity index (χ1n) is 6.29. The second-order valence-electron chi connectivity index (χ2n) is 3.98. The van der Waals surface area contributed by atoms with Crippen molar-refractivity contribution in [3.05, 3.63) is 36.4 Å². The lowest BCUT2D eigenvalue weighted by molar-refractivity contribution is 0.581. The smallest absolute Gasteiger partial charge is 0.242 e. The molecule has 4 N–H and O–H groups in total. The minimum Gasteiger partial charge on any atom is -0.380 e. The van der Waals surface area contributed by atoms with Crippen LogP contribution in [-0.2, 0) is 10.0 Å². The fourth-order valence-electron chi connectivity index (χ4n) is 1.51. The second kappa shape index (κ2) is 7.93. The van der Waals surface area contributed by atoms with Crippen molar-refractivity contribution in [1.82, 2.24) is 4.72 Å². The number of nitrogens with one attached hydrogen (secondary N) is 2. The van der Waals surface area contributed by atoms with E-state index in [1.54, 1.807) is 24.3 Å². The van der Waals surface area contributed by atoms with Gasteiger partial charge in [-0.2, -0.15) is 0 Å². The van der Waals surface area contributed by atoms with Crippen LogP contribution in [0.25, 0.3) is 0 Å². The molecule has 0 radical (unpaired) electrons. The molecule has 1 aromatic rings. The predicted octanol–water partition coefficient (Wildman–Crippen LogP) is 1.30. The van der Waals surface area contributed by atoms with E-state index in [2.05, 4.69) is 10.0 Å². The maximum atomic E-state index is 12.1. The molecule has 0 aliphatic heterocycles. The van der Waals surface area contributed by atoms with E-state index in [-0.39, 0.29) is 4.90 Å². The largest absolute Gasteiger partial charge is 0.380 e. The fourth-order valence-corrected chi connectivity index (χ4v) is 2.83. The molecule has 0 spiro atoms. The van der Waals surface area contributed by atoms with E-state index in [0.717, 1.165) is 6.42 Å². The van der Waals surface area contributed by atoms with Crippen molar-refractivity contribution in [3.63, 3.8) is 0 Å². The Morgan fingerprint density at radius 1 is 1.26 bits per heavy atom. The summed E-state index contributed by atoms with van der Waals surface area (Å²) in [6.07, 6.45) is 4.44. The first kappa shape index (κ1) is 15.7. The highest BCUT2D eigenvalue weighted by Crippen LogP contribution is 2.20. The number of benzene rings is 1. The van der Waals surface area contributed by atoms with Crippen LogP contribution in [-0.4, -0.2) is 28.1 Å². The van der Waals surface area contributed by atoms with Crippen molar-refractivity contribution in [2.75, 3.05) is 25.0 Å². The molecule has 0 atom stereocenters. The van der Waals surface area contributed by atoms with Gasteiger partial charge in [-0.1, -0.05) is 31.2 Å². The fraction of sp³-hybridized carbons (Fsp3) is 0.385. The first-order valence-corrected chi connectivity index (χ1v) is 7.77. The van der Waals surface area contributed by atoms with Gasteiger partial charge in [-0.3, -0.25) is 0 Å². The van der Waals surface area contributed by atoms with E-state index in [1.165, 1.54) is 0 Å². The third kappa shape index (κ3) is 5.02. The first-order chi connectivity index (χ1) is 9.11. The van der Waals surface area contributed by atoms with Crippen LogP contribution in [0.4, 0.5) is 5.69 Å². The van der Waals surface area contributed by atoms with Crippen LogP contribution in [0.15, 0.2) is 41.3 Å². The number of hydrogen-bond donors (Lipinski definition) is 3. The van der Waals surface area contributed by atoms with Crippen LogP contribution in [0.3, 0.4) is 0 Å². The Kier molecular flexibility index (Phi) is 6.55.